The average molecular weight is 286 g/mol. The monoisotopic (exact) mass is 286 g/mol. The number of carbonyl (C=O) groups excluding carboxylic acids is 1. The molecule has 5 heteroatoms. The lowest BCUT2D eigenvalue weighted by atomic mass is 9.89. The first-order valence-corrected chi connectivity index (χ1v) is 7.36. The molecule has 0 aliphatic heterocycles. The summed E-state index contributed by atoms with van der Waals surface area (Å²) < 4.78 is 4.98. The molecule has 1 aliphatic carbocycles. The van der Waals surface area contributed by atoms with E-state index in [1.165, 1.54) is 0 Å². The summed E-state index contributed by atoms with van der Waals surface area (Å²) in [5.74, 6) is -0.217. The molecule has 20 heavy (non-hydrogen) atoms. The Bertz CT molecular complexity index is 311. The van der Waals surface area contributed by atoms with Gasteiger partial charge in [0.15, 0.2) is 0 Å². The number of aliphatic hydroxyl groups excluding tert-OH is 3. The maximum Gasteiger partial charge on any atom is 0.306 e. The lowest BCUT2D eigenvalue weighted by molar-refractivity contribution is -0.154. The first kappa shape index (κ1) is 17.1. The summed E-state index contributed by atoms with van der Waals surface area (Å²) in [6.45, 7) is 1.30. The molecule has 3 unspecified atom stereocenters. The molecule has 0 saturated heterocycles. The van der Waals surface area contributed by atoms with E-state index in [0.29, 0.717) is 6.42 Å². The first-order valence-electron chi connectivity index (χ1n) is 7.36. The van der Waals surface area contributed by atoms with Crippen LogP contribution in [0.2, 0.25) is 0 Å². The Morgan fingerprint density at radius 3 is 2.60 bits per heavy atom. The maximum atomic E-state index is 11.8. The van der Waals surface area contributed by atoms with Gasteiger partial charge >= 0.3 is 5.97 Å². The van der Waals surface area contributed by atoms with Gasteiger partial charge in [0, 0.05) is 6.42 Å². The fourth-order valence-corrected chi connectivity index (χ4v) is 2.73. The van der Waals surface area contributed by atoms with Crippen molar-refractivity contribution >= 4 is 5.97 Å². The van der Waals surface area contributed by atoms with Crippen molar-refractivity contribution in [2.75, 3.05) is 13.2 Å². The molecule has 0 aromatic heterocycles. The van der Waals surface area contributed by atoms with E-state index in [1.54, 1.807) is 0 Å². The molecule has 0 amide bonds. The molecular formula is C15H26O5. The number of hydrogen-bond acceptors (Lipinski definition) is 5. The molecule has 0 bridgehead atoms. The van der Waals surface area contributed by atoms with Gasteiger partial charge < -0.3 is 20.1 Å². The van der Waals surface area contributed by atoms with E-state index >= 15 is 0 Å². The minimum Gasteiger partial charge on any atom is -0.457 e. The van der Waals surface area contributed by atoms with Crippen molar-refractivity contribution in [3.8, 4) is 0 Å². The molecule has 5 nitrogen and oxygen atoms in total. The second-order valence-corrected chi connectivity index (χ2v) is 5.37. The van der Waals surface area contributed by atoms with Gasteiger partial charge in [-0.3, -0.25) is 4.79 Å². The zero-order chi connectivity index (χ0) is 15.0. The predicted molar refractivity (Wildman–Crippen MR) is 74.9 cm³/mol. The molecule has 0 radical (unpaired) electrons. The number of allylic oxidation sites excluding steroid dienone is 2. The molecule has 0 aromatic rings. The number of aliphatic hydroxyl groups is 3. The first-order chi connectivity index (χ1) is 9.62. The molecule has 1 saturated carbocycles. The van der Waals surface area contributed by atoms with Crippen molar-refractivity contribution in [2.45, 2.75) is 51.2 Å². The number of rotatable bonds is 8. The minimum atomic E-state index is -0.840. The smallest absolute Gasteiger partial charge is 0.306 e. The second-order valence-electron chi connectivity index (χ2n) is 5.37. The lowest BCUT2D eigenvalue weighted by Crippen LogP contribution is -2.28. The van der Waals surface area contributed by atoms with Gasteiger partial charge in [-0.15, -0.1) is 0 Å². The van der Waals surface area contributed by atoms with Crippen LogP contribution in [0.25, 0.3) is 0 Å². The molecule has 1 fully saturated rings. The third-order valence-electron chi connectivity index (χ3n) is 3.88. The zero-order valence-electron chi connectivity index (χ0n) is 12.1. The van der Waals surface area contributed by atoms with Crippen LogP contribution in [0.15, 0.2) is 12.2 Å². The lowest BCUT2D eigenvalue weighted by Gasteiger charge is -2.21. The Morgan fingerprint density at radius 1 is 1.30 bits per heavy atom. The molecule has 3 N–H and O–H groups in total. The highest BCUT2D eigenvalue weighted by atomic mass is 16.6. The number of ether oxygens (including phenoxy) is 1. The van der Waals surface area contributed by atoms with E-state index < -0.39 is 12.1 Å². The van der Waals surface area contributed by atoms with Crippen LogP contribution in [0.3, 0.4) is 0 Å². The molecule has 3 atom stereocenters. The van der Waals surface area contributed by atoms with Gasteiger partial charge in [0.2, 0.25) is 0 Å². The highest BCUT2D eigenvalue weighted by Crippen LogP contribution is 2.37. The van der Waals surface area contributed by atoms with E-state index in [0.717, 1.165) is 19.3 Å². The van der Waals surface area contributed by atoms with Crippen LogP contribution >= 0.6 is 0 Å². The standard InChI is InChI=1S/C15H26O5/c1-2-3-4-5-13-11(6-7-14(13)18)8-15(19)20-12(9-16)10-17/h3-4,11-14,16-18H,2,5-10H2,1H3/b4-3-. The highest BCUT2D eigenvalue weighted by molar-refractivity contribution is 5.70. The van der Waals surface area contributed by atoms with Gasteiger partial charge in [-0.25, -0.2) is 0 Å². The molecule has 1 aliphatic rings. The molecule has 0 aromatic carbocycles. The summed E-state index contributed by atoms with van der Waals surface area (Å²) in [5.41, 5.74) is 0. The fourth-order valence-electron chi connectivity index (χ4n) is 2.73. The van der Waals surface area contributed by atoms with Gasteiger partial charge in [-0.1, -0.05) is 19.1 Å². The summed E-state index contributed by atoms with van der Waals surface area (Å²) in [7, 11) is 0. The van der Waals surface area contributed by atoms with Gasteiger partial charge in [-0.05, 0) is 37.5 Å². The molecule has 0 spiro atoms. The summed E-state index contributed by atoms with van der Waals surface area (Å²) in [6, 6.07) is 0. The SMILES string of the molecule is CC/C=C\CC1C(O)CCC1CC(=O)OC(CO)CO. The molecule has 116 valence electrons. The topological polar surface area (TPSA) is 87.0 Å². The van der Waals surface area contributed by atoms with E-state index in [2.05, 4.69) is 19.1 Å². The summed E-state index contributed by atoms with van der Waals surface area (Å²) >= 11 is 0. The molecule has 0 heterocycles. The summed E-state index contributed by atoms with van der Waals surface area (Å²) in [4.78, 5) is 11.8. The van der Waals surface area contributed by atoms with E-state index in [9.17, 15) is 9.90 Å². The van der Waals surface area contributed by atoms with Crippen LogP contribution in [0.1, 0.15) is 39.0 Å². The average Bonchev–Trinajstić information content (AvgIpc) is 2.77. The van der Waals surface area contributed by atoms with Crippen molar-refractivity contribution in [1.82, 2.24) is 0 Å². The maximum absolute atomic E-state index is 11.8. The number of carbonyl (C=O) groups is 1. The Hall–Kier alpha value is -0.910. The second kappa shape index (κ2) is 9.10. The van der Waals surface area contributed by atoms with Crippen molar-refractivity contribution in [3.05, 3.63) is 12.2 Å². The number of hydrogen-bond donors (Lipinski definition) is 3. The van der Waals surface area contributed by atoms with Crippen LogP contribution < -0.4 is 0 Å². The summed E-state index contributed by atoms with van der Waals surface area (Å²) in [5, 5.41) is 27.8. The highest BCUT2D eigenvalue weighted by Gasteiger charge is 2.35. The Kier molecular flexibility index (Phi) is 7.80. The van der Waals surface area contributed by atoms with Crippen LogP contribution in [-0.2, 0) is 9.53 Å². The number of esters is 1. The van der Waals surface area contributed by atoms with Gasteiger partial charge in [0.05, 0.1) is 19.3 Å². The quantitative estimate of drug-likeness (QED) is 0.458. The van der Waals surface area contributed by atoms with Crippen molar-refractivity contribution < 1.29 is 24.9 Å². The minimum absolute atomic E-state index is 0.0899. The van der Waals surface area contributed by atoms with E-state index in [4.69, 9.17) is 14.9 Å². The fraction of sp³-hybridized carbons (Fsp3) is 0.800. The molecular weight excluding hydrogens is 260 g/mol. The zero-order valence-corrected chi connectivity index (χ0v) is 12.1. The third kappa shape index (κ3) is 5.23. The van der Waals surface area contributed by atoms with Crippen LogP contribution in [0, 0.1) is 11.8 Å². The molecule has 1 rings (SSSR count). The van der Waals surface area contributed by atoms with Crippen molar-refractivity contribution in [3.63, 3.8) is 0 Å². The van der Waals surface area contributed by atoms with Crippen molar-refractivity contribution in [1.29, 1.82) is 0 Å². The van der Waals surface area contributed by atoms with Gasteiger partial charge in [0.25, 0.3) is 0 Å². The Labute approximate surface area is 120 Å². The Morgan fingerprint density at radius 2 is 2.00 bits per heavy atom. The van der Waals surface area contributed by atoms with Crippen LogP contribution in [0.4, 0.5) is 0 Å². The van der Waals surface area contributed by atoms with Crippen LogP contribution in [-0.4, -0.2) is 46.7 Å². The van der Waals surface area contributed by atoms with E-state index in [-0.39, 0.29) is 37.6 Å². The van der Waals surface area contributed by atoms with Crippen molar-refractivity contribution in [2.24, 2.45) is 11.8 Å². The Balaban J connectivity index is 2.47. The summed E-state index contributed by atoms with van der Waals surface area (Å²) in [6.07, 6.45) is 6.41. The largest absolute Gasteiger partial charge is 0.457 e. The normalized spacial score (nSPS) is 26.6. The predicted octanol–water partition coefficient (Wildman–Crippen LogP) is 1.02. The van der Waals surface area contributed by atoms with Gasteiger partial charge in [0.1, 0.15) is 6.10 Å². The van der Waals surface area contributed by atoms with Crippen LogP contribution in [0.5, 0.6) is 0 Å². The van der Waals surface area contributed by atoms with Gasteiger partial charge in [-0.2, -0.15) is 0 Å². The third-order valence-corrected chi connectivity index (χ3v) is 3.88. The van der Waals surface area contributed by atoms with E-state index in [1.807, 2.05) is 0 Å².